The van der Waals surface area contributed by atoms with Crippen LogP contribution in [0.25, 0.3) is 11.0 Å². The van der Waals surface area contributed by atoms with Crippen molar-refractivity contribution in [1.29, 1.82) is 0 Å². The lowest BCUT2D eigenvalue weighted by Crippen LogP contribution is -2.01. The zero-order valence-electron chi connectivity index (χ0n) is 11.5. The van der Waals surface area contributed by atoms with E-state index >= 15 is 0 Å². The Bertz CT molecular complexity index is 555. The van der Waals surface area contributed by atoms with Crippen LogP contribution in [-0.4, -0.2) is 7.11 Å². The summed E-state index contributed by atoms with van der Waals surface area (Å²) in [5.74, 6) is 2.24. The van der Waals surface area contributed by atoms with Crippen LogP contribution >= 0.6 is 0 Å². The highest BCUT2D eigenvalue weighted by Gasteiger charge is 2.17. The summed E-state index contributed by atoms with van der Waals surface area (Å²) in [6.45, 7) is 6.90. The summed E-state index contributed by atoms with van der Waals surface area (Å²) in [5.41, 5.74) is 9.01. The van der Waals surface area contributed by atoms with E-state index in [1.165, 1.54) is 11.1 Å². The number of hydrogen-bond donors (Lipinski definition) is 1. The number of rotatable bonds is 4. The molecule has 18 heavy (non-hydrogen) atoms. The first-order chi connectivity index (χ1) is 8.56. The Morgan fingerprint density at radius 3 is 2.61 bits per heavy atom. The van der Waals surface area contributed by atoms with Crippen molar-refractivity contribution in [2.45, 2.75) is 33.7 Å². The molecule has 0 fully saturated rings. The van der Waals surface area contributed by atoms with E-state index in [9.17, 15) is 0 Å². The first-order valence-electron chi connectivity index (χ1n) is 6.35. The minimum Gasteiger partial charge on any atom is -0.493 e. The van der Waals surface area contributed by atoms with Gasteiger partial charge in [-0.05, 0) is 37.0 Å². The Labute approximate surface area is 108 Å². The number of furan rings is 1. The molecule has 0 aliphatic heterocycles. The molecule has 0 bridgehead atoms. The molecule has 3 nitrogen and oxygen atoms in total. The van der Waals surface area contributed by atoms with Gasteiger partial charge in [-0.25, -0.2) is 0 Å². The van der Waals surface area contributed by atoms with Crippen molar-refractivity contribution in [1.82, 2.24) is 0 Å². The van der Waals surface area contributed by atoms with Crippen molar-refractivity contribution in [2.24, 2.45) is 11.7 Å². The van der Waals surface area contributed by atoms with Gasteiger partial charge in [0.1, 0.15) is 5.76 Å². The van der Waals surface area contributed by atoms with E-state index in [4.69, 9.17) is 14.9 Å². The highest BCUT2D eigenvalue weighted by molar-refractivity contribution is 5.88. The van der Waals surface area contributed by atoms with E-state index in [2.05, 4.69) is 26.8 Å². The van der Waals surface area contributed by atoms with Crippen molar-refractivity contribution in [2.75, 3.05) is 7.11 Å². The van der Waals surface area contributed by atoms with Crippen LogP contribution in [0, 0.1) is 12.8 Å². The van der Waals surface area contributed by atoms with Crippen LogP contribution in [0.4, 0.5) is 0 Å². The number of methoxy groups -OCH3 is 1. The molecule has 2 aromatic rings. The minimum absolute atomic E-state index is 0.429. The summed E-state index contributed by atoms with van der Waals surface area (Å²) in [5, 5.41) is 1.14. The minimum atomic E-state index is 0.429. The van der Waals surface area contributed by atoms with Crippen LogP contribution in [0.1, 0.15) is 30.7 Å². The Hall–Kier alpha value is -1.48. The molecule has 0 radical (unpaired) electrons. The maximum absolute atomic E-state index is 5.88. The maximum atomic E-state index is 5.88. The van der Waals surface area contributed by atoms with Gasteiger partial charge in [-0.15, -0.1) is 0 Å². The van der Waals surface area contributed by atoms with E-state index in [1.54, 1.807) is 7.11 Å². The first kappa shape index (κ1) is 13.0. The van der Waals surface area contributed by atoms with Crippen molar-refractivity contribution >= 4 is 11.0 Å². The van der Waals surface area contributed by atoms with Gasteiger partial charge in [0.05, 0.1) is 13.7 Å². The molecule has 0 saturated heterocycles. The van der Waals surface area contributed by atoms with Gasteiger partial charge in [0.15, 0.2) is 11.3 Å². The summed E-state index contributed by atoms with van der Waals surface area (Å²) < 4.78 is 11.3. The number of hydrogen-bond acceptors (Lipinski definition) is 3. The zero-order valence-corrected chi connectivity index (χ0v) is 11.5. The summed E-state index contributed by atoms with van der Waals surface area (Å²) in [4.78, 5) is 0. The molecule has 0 amide bonds. The van der Waals surface area contributed by atoms with Gasteiger partial charge in [0, 0.05) is 10.9 Å². The maximum Gasteiger partial charge on any atom is 0.176 e. The molecule has 98 valence electrons. The molecule has 2 rings (SSSR count). The first-order valence-corrected chi connectivity index (χ1v) is 6.35. The number of fused-ring (bicyclic) bond motifs is 1. The highest BCUT2D eigenvalue weighted by Crippen LogP contribution is 2.35. The quantitative estimate of drug-likeness (QED) is 0.900. The highest BCUT2D eigenvalue weighted by atomic mass is 16.5. The summed E-state index contributed by atoms with van der Waals surface area (Å²) in [6.07, 6.45) is 0.978. The van der Waals surface area contributed by atoms with Gasteiger partial charge in [-0.1, -0.05) is 13.8 Å². The van der Waals surface area contributed by atoms with Crippen LogP contribution in [0.3, 0.4) is 0 Å². The predicted octanol–water partition coefficient (Wildman–Crippen LogP) is 3.41. The molecule has 1 aromatic heterocycles. The number of benzene rings is 1. The van der Waals surface area contributed by atoms with Crippen molar-refractivity contribution < 1.29 is 9.15 Å². The lowest BCUT2D eigenvalue weighted by molar-refractivity contribution is 0.407. The SMILES string of the molecule is COc1cc(C)cc2c(CC(C)C)c(CN)oc12. The molecule has 2 N–H and O–H groups in total. The van der Waals surface area contributed by atoms with Crippen LogP contribution in [-0.2, 0) is 13.0 Å². The fourth-order valence-corrected chi connectivity index (χ4v) is 2.35. The van der Waals surface area contributed by atoms with Gasteiger partial charge in [0.25, 0.3) is 0 Å². The molecule has 0 saturated carbocycles. The van der Waals surface area contributed by atoms with E-state index in [0.717, 1.165) is 28.9 Å². The van der Waals surface area contributed by atoms with Gasteiger partial charge >= 0.3 is 0 Å². The second-order valence-corrected chi connectivity index (χ2v) is 5.15. The number of nitrogens with two attached hydrogens (primary N) is 1. The lowest BCUT2D eigenvalue weighted by Gasteiger charge is -2.06. The summed E-state index contributed by atoms with van der Waals surface area (Å²) in [6, 6.07) is 4.14. The Balaban J connectivity index is 2.69. The van der Waals surface area contributed by atoms with Crippen LogP contribution in [0.2, 0.25) is 0 Å². The molecule has 0 atom stereocenters. The second-order valence-electron chi connectivity index (χ2n) is 5.15. The number of ether oxygens (including phenoxy) is 1. The van der Waals surface area contributed by atoms with Gasteiger partial charge in [0.2, 0.25) is 0 Å². The third-order valence-electron chi connectivity index (χ3n) is 3.10. The van der Waals surface area contributed by atoms with Gasteiger partial charge in [-0.3, -0.25) is 0 Å². The standard InChI is InChI=1S/C15H21NO2/c1-9(2)5-11-12-6-10(3)7-13(17-4)15(12)18-14(11)8-16/h6-7,9H,5,8,16H2,1-4H3. The second kappa shape index (κ2) is 5.02. The fourth-order valence-electron chi connectivity index (χ4n) is 2.35. The van der Waals surface area contributed by atoms with E-state index in [1.807, 2.05) is 6.07 Å². The van der Waals surface area contributed by atoms with E-state index in [-0.39, 0.29) is 0 Å². The monoisotopic (exact) mass is 247 g/mol. The predicted molar refractivity (Wildman–Crippen MR) is 73.9 cm³/mol. The molecular weight excluding hydrogens is 226 g/mol. The third kappa shape index (κ3) is 2.23. The zero-order chi connectivity index (χ0) is 13.3. The molecule has 1 heterocycles. The van der Waals surface area contributed by atoms with Gasteiger partial charge in [-0.2, -0.15) is 0 Å². The van der Waals surface area contributed by atoms with Crippen molar-refractivity contribution in [3.05, 3.63) is 29.0 Å². The van der Waals surface area contributed by atoms with Crippen molar-refractivity contribution in [3.63, 3.8) is 0 Å². The molecule has 0 aliphatic rings. The Kier molecular flexibility index (Phi) is 3.62. The van der Waals surface area contributed by atoms with Crippen LogP contribution in [0.15, 0.2) is 16.5 Å². The van der Waals surface area contributed by atoms with Crippen molar-refractivity contribution in [3.8, 4) is 5.75 Å². The molecular formula is C15H21NO2. The van der Waals surface area contributed by atoms with Crippen LogP contribution < -0.4 is 10.5 Å². The van der Waals surface area contributed by atoms with Gasteiger partial charge < -0.3 is 14.9 Å². The molecule has 1 aromatic carbocycles. The Morgan fingerprint density at radius 2 is 2.06 bits per heavy atom. The molecule has 3 heteroatoms. The largest absolute Gasteiger partial charge is 0.493 e. The average molecular weight is 247 g/mol. The van der Waals surface area contributed by atoms with E-state index < -0.39 is 0 Å². The molecule has 0 unspecified atom stereocenters. The average Bonchev–Trinajstić information content (AvgIpc) is 2.66. The van der Waals surface area contributed by atoms with E-state index in [0.29, 0.717) is 12.5 Å². The smallest absolute Gasteiger partial charge is 0.176 e. The number of aryl methyl sites for hydroxylation is 1. The normalized spacial score (nSPS) is 11.4. The van der Waals surface area contributed by atoms with Crippen LogP contribution in [0.5, 0.6) is 5.75 Å². The third-order valence-corrected chi connectivity index (χ3v) is 3.10. The lowest BCUT2D eigenvalue weighted by atomic mass is 9.99. The summed E-state index contributed by atoms with van der Waals surface area (Å²) >= 11 is 0. The molecule has 0 spiro atoms. The fraction of sp³-hybridized carbons (Fsp3) is 0.467. The Morgan fingerprint density at radius 1 is 1.33 bits per heavy atom. The topological polar surface area (TPSA) is 48.4 Å². The summed E-state index contributed by atoms with van der Waals surface area (Å²) in [7, 11) is 1.67. The molecule has 0 aliphatic carbocycles.